The van der Waals surface area contributed by atoms with Gasteiger partial charge in [0.1, 0.15) is 5.69 Å². The van der Waals surface area contributed by atoms with E-state index in [1.165, 1.54) is 6.07 Å². The van der Waals surface area contributed by atoms with Gasteiger partial charge in [0.2, 0.25) is 5.82 Å². The second-order valence-electron chi connectivity index (χ2n) is 10.2. The second-order valence-corrected chi connectivity index (χ2v) is 11.7. The fraction of sp³-hybridized carbons (Fsp3) is 0.333. The number of ketones is 1. The first-order chi connectivity index (χ1) is 18.0. The van der Waals surface area contributed by atoms with Crippen LogP contribution in [0.1, 0.15) is 64.4 Å². The van der Waals surface area contributed by atoms with E-state index in [4.69, 9.17) is 0 Å². The maximum atomic E-state index is 13.4. The smallest absolute Gasteiger partial charge is 0.270 e. The Hall–Kier alpha value is -3.79. The summed E-state index contributed by atoms with van der Waals surface area (Å²) in [4.78, 5) is 45.5. The van der Waals surface area contributed by atoms with E-state index in [0.29, 0.717) is 60.7 Å². The van der Waals surface area contributed by atoms with Gasteiger partial charge in [0, 0.05) is 51.7 Å². The first-order valence-corrected chi connectivity index (χ1v) is 13.4. The molecule has 1 amide bonds. The van der Waals surface area contributed by atoms with Crippen LogP contribution < -0.4 is 5.43 Å². The first kappa shape index (κ1) is 22.4. The molecule has 2 N–H and O–H groups in total. The number of Topliss-reactive ketones (excluding diaryl/α,β-unsaturated/α-hetero) is 1. The van der Waals surface area contributed by atoms with Crippen LogP contribution in [-0.2, 0) is 0 Å². The molecule has 2 fully saturated rings. The molecule has 1 saturated carbocycles. The molecule has 1 aliphatic carbocycles. The number of aromatic amines is 2. The van der Waals surface area contributed by atoms with Crippen LogP contribution in [0, 0.1) is 0 Å². The highest BCUT2D eigenvalue weighted by Crippen LogP contribution is 2.49. The monoisotopic (exact) mass is 512 g/mol. The summed E-state index contributed by atoms with van der Waals surface area (Å²) in [5.41, 5.74) is 3.58. The van der Waals surface area contributed by atoms with E-state index in [0.717, 1.165) is 34.4 Å². The molecule has 3 aliphatic rings. The Morgan fingerprint density at radius 3 is 2.68 bits per heavy atom. The molecule has 186 valence electrons. The lowest BCUT2D eigenvalue weighted by Crippen LogP contribution is -2.47. The van der Waals surface area contributed by atoms with Gasteiger partial charge in [-0.05, 0) is 66.6 Å². The maximum absolute atomic E-state index is 13.4. The number of amides is 1. The fourth-order valence-corrected chi connectivity index (χ4v) is 7.10. The molecule has 7 rings (SSSR count). The van der Waals surface area contributed by atoms with E-state index in [9.17, 15) is 14.4 Å². The molecule has 1 saturated heterocycles. The highest BCUT2D eigenvalue weighted by Gasteiger charge is 2.43. The van der Waals surface area contributed by atoms with Crippen LogP contribution in [-0.4, -0.2) is 60.0 Å². The third-order valence-electron chi connectivity index (χ3n) is 7.80. The number of aromatic nitrogens is 5. The number of nitrogens with zero attached hydrogens (tertiary/aromatic N) is 4. The van der Waals surface area contributed by atoms with E-state index in [1.54, 1.807) is 11.8 Å². The number of carbonyl (C=O) groups excluding carboxylic acids is 2. The van der Waals surface area contributed by atoms with Crippen LogP contribution in [0.25, 0.3) is 22.3 Å². The second kappa shape index (κ2) is 8.37. The molecular weight excluding hydrogens is 488 g/mol. The van der Waals surface area contributed by atoms with Crippen molar-refractivity contribution in [3.8, 4) is 11.4 Å². The lowest BCUT2D eigenvalue weighted by molar-refractivity contribution is 0.0691. The Balaban J connectivity index is 1.11. The zero-order valence-corrected chi connectivity index (χ0v) is 20.8. The number of likely N-dealkylation sites (tertiary alicyclic amines) is 1. The van der Waals surface area contributed by atoms with Crippen LogP contribution in [0.2, 0.25) is 0 Å². The summed E-state index contributed by atoms with van der Waals surface area (Å²) in [6.45, 7) is 1.08. The quantitative estimate of drug-likeness (QED) is 0.426. The number of thioether (sulfide) groups is 1. The molecule has 0 bridgehead atoms. The van der Waals surface area contributed by atoms with Crippen LogP contribution in [0.5, 0.6) is 0 Å². The molecule has 2 aromatic heterocycles. The number of fused-ring (bicyclic) bond motifs is 2. The van der Waals surface area contributed by atoms with Gasteiger partial charge in [-0.2, -0.15) is 5.21 Å². The lowest BCUT2D eigenvalue weighted by Gasteiger charge is -2.43. The molecule has 0 atom stereocenters. The molecule has 37 heavy (non-hydrogen) atoms. The zero-order chi connectivity index (χ0) is 25.1. The number of benzene rings is 2. The van der Waals surface area contributed by atoms with E-state index < -0.39 is 0 Å². The van der Waals surface area contributed by atoms with Crippen molar-refractivity contribution in [3.05, 3.63) is 69.5 Å². The Bertz CT molecular complexity index is 1620. The number of H-pyrrole nitrogens is 2. The van der Waals surface area contributed by atoms with Gasteiger partial charge >= 0.3 is 0 Å². The van der Waals surface area contributed by atoms with Gasteiger partial charge < -0.3 is 9.88 Å². The summed E-state index contributed by atoms with van der Waals surface area (Å²) in [5, 5.41) is 14.7. The summed E-state index contributed by atoms with van der Waals surface area (Å²) in [6, 6.07) is 12.9. The summed E-state index contributed by atoms with van der Waals surface area (Å²) < 4.78 is -0.232. The van der Waals surface area contributed by atoms with E-state index in [1.807, 2.05) is 35.2 Å². The molecular formula is C27H24N6O3S. The predicted molar refractivity (Wildman–Crippen MR) is 139 cm³/mol. The summed E-state index contributed by atoms with van der Waals surface area (Å²) in [6.07, 6.45) is 4.09. The van der Waals surface area contributed by atoms with Crippen LogP contribution >= 0.6 is 11.8 Å². The van der Waals surface area contributed by atoms with Gasteiger partial charge in [-0.3, -0.25) is 14.4 Å². The Labute approximate surface area is 216 Å². The molecule has 1 spiro atoms. The van der Waals surface area contributed by atoms with Gasteiger partial charge in [0.05, 0.1) is 5.52 Å². The van der Waals surface area contributed by atoms with Crippen LogP contribution in [0.3, 0.4) is 0 Å². The topological polar surface area (TPSA) is 125 Å². The molecule has 9 nitrogen and oxygen atoms in total. The minimum atomic E-state index is -0.232. The van der Waals surface area contributed by atoms with Crippen molar-refractivity contribution in [1.29, 1.82) is 0 Å². The number of nitrogens with one attached hydrogen (secondary N) is 2. The van der Waals surface area contributed by atoms with Crippen LogP contribution in [0.4, 0.5) is 0 Å². The normalized spacial score (nSPS) is 18.8. The van der Waals surface area contributed by atoms with Crippen LogP contribution in [0.15, 0.2) is 52.2 Å². The third kappa shape index (κ3) is 3.87. The molecule has 2 aliphatic heterocycles. The lowest BCUT2D eigenvalue weighted by atomic mass is 9.87. The number of rotatable bonds is 3. The molecule has 4 aromatic rings. The molecule has 0 radical (unpaired) electrons. The number of carbonyl (C=O) groups is 2. The number of hydrogen-bond donors (Lipinski definition) is 2. The van der Waals surface area contributed by atoms with Crippen molar-refractivity contribution in [1.82, 2.24) is 30.5 Å². The third-order valence-corrected chi connectivity index (χ3v) is 9.36. The largest absolute Gasteiger partial charge is 0.350 e. The number of pyridine rings is 1. The average molecular weight is 513 g/mol. The molecule has 0 unspecified atom stereocenters. The summed E-state index contributed by atoms with van der Waals surface area (Å²) >= 11 is 1.74. The van der Waals surface area contributed by atoms with E-state index in [2.05, 4.69) is 31.7 Å². The highest BCUT2D eigenvalue weighted by molar-refractivity contribution is 8.01. The van der Waals surface area contributed by atoms with Gasteiger partial charge in [-0.25, -0.2) is 0 Å². The Morgan fingerprint density at radius 2 is 1.92 bits per heavy atom. The Morgan fingerprint density at radius 1 is 1.08 bits per heavy atom. The minimum Gasteiger partial charge on any atom is -0.350 e. The predicted octanol–water partition coefficient (Wildman–Crippen LogP) is 3.94. The number of tetrazole rings is 1. The van der Waals surface area contributed by atoms with Gasteiger partial charge in [-0.1, -0.05) is 12.1 Å². The minimum absolute atomic E-state index is 0.102. The van der Waals surface area contributed by atoms with Crippen molar-refractivity contribution >= 4 is 34.4 Å². The number of hydrogen-bond acceptors (Lipinski definition) is 7. The SMILES string of the molecule is O=C1CC2(CCN(C(=O)c3cc(=O)c4cccc(C5CC5)c4[nH]3)CC2)Sc2ccc(-c3nn[nH]n3)cc21. The maximum Gasteiger partial charge on any atom is 0.270 e. The molecule has 2 aromatic carbocycles. The number of para-hydroxylation sites is 1. The van der Waals surface area contributed by atoms with Crippen molar-refractivity contribution in [3.63, 3.8) is 0 Å². The average Bonchev–Trinajstić information content (AvgIpc) is 3.61. The zero-order valence-electron chi connectivity index (χ0n) is 20.0. The van der Waals surface area contributed by atoms with E-state index in [-0.39, 0.29) is 21.9 Å². The number of piperidine rings is 1. The van der Waals surface area contributed by atoms with Gasteiger partial charge in [-0.15, -0.1) is 22.0 Å². The fourth-order valence-electron chi connectivity index (χ4n) is 5.63. The summed E-state index contributed by atoms with van der Waals surface area (Å²) in [5.74, 6) is 0.873. The van der Waals surface area contributed by atoms with Gasteiger partial charge in [0.25, 0.3) is 5.91 Å². The Kier molecular flexibility index (Phi) is 5.07. The standard InChI is InChI=1S/C27H24N6O3S/c34-21-13-20(28-24-17(15-4-5-15)2-1-3-18(21)24)26(36)33-10-8-27(9-11-33)14-22(35)19-12-16(6-7-23(19)37-27)25-29-31-32-30-25/h1-3,6-7,12-13,15H,4-5,8-11,14H2,(H,28,34)(H,29,30,31,32). The highest BCUT2D eigenvalue weighted by atomic mass is 32.2. The van der Waals surface area contributed by atoms with Crippen molar-refractivity contribution < 1.29 is 9.59 Å². The van der Waals surface area contributed by atoms with Crippen molar-refractivity contribution in [2.24, 2.45) is 0 Å². The van der Waals surface area contributed by atoms with E-state index >= 15 is 0 Å². The first-order valence-electron chi connectivity index (χ1n) is 12.5. The molecule has 4 heterocycles. The van der Waals surface area contributed by atoms with Crippen molar-refractivity contribution in [2.45, 2.75) is 47.7 Å². The summed E-state index contributed by atoms with van der Waals surface area (Å²) in [7, 11) is 0. The van der Waals surface area contributed by atoms with Crippen molar-refractivity contribution in [2.75, 3.05) is 13.1 Å². The molecule has 10 heteroatoms. The van der Waals surface area contributed by atoms with Gasteiger partial charge in [0.15, 0.2) is 11.2 Å².